The number of alkyl halides is 1. The van der Waals surface area contributed by atoms with E-state index in [1.165, 1.54) is 6.33 Å². The lowest BCUT2D eigenvalue weighted by Gasteiger charge is -1.80. The monoisotopic (exact) mass is 132 g/mol. The van der Waals surface area contributed by atoms with E-state index in [0.717, 1.165) is 0 Å². The minimum absolute atomic E-state index is 0.530. The highest BCUT2D eigenvalue weighted by Gasteiger charge is 1.93. The van der Waals surface area contributed by atoms with Gasteiger partial charge in [0.2, 0.25) is 5.89 Å². The van der Waals surface area contributed by atoms with Crippen molar-refractivity contribution < 1.29 is 4.52 Å². The third kappa shape index (κ3) is 1.20. The predicted molar refractivity (Wildman–Crippen MR) is 28.7 cm³/mol. The van der Waals surface area contributed by atoms with Crippen molar-refractivity contribution >= 4 is 11.6 Å². The Labute approximate surface area is 51.6 Å². The number of aryl methyl sites for hydroxylation is 1. The molecule has 0 aliphatic rings. The molecule has 8 heavy (non-hydrogen) atoms. The van der Waals surface area contributed by atoms with Gasteiger partial charge in [0.05, 0.1) is 0 Å². The molecule has 0 N–H and O–H groups in total. The van der Waals surface area contributed by atoms with Crippen LogP contribution in [0.1, 0.15) is 5.89 Å². The first-order valence-corrected chi connectivity index (χ1v) is 2.78. The molecule has 0 unspecified atom stereocenters. The minimum atomic E-state index is 0.530. The molecule has 1 aromatic heterocycles. The van der Waals surface area contributed by atoms with E-state index in [1.807, 2.05) is 0 Å². The van der Waals surface area contributed by atoms with Crippen LogP contribution in [0.5, 0.6) is 0 Å². The van der Waals surface area contributed by atoms with Crippen LogP contribution in [0.3, 0.4) is 0 Å². The van der Waals surface area contributed by atoms with Gasteiger partial charge in [-0.15, -0.1) is 11.6 Å². The molecule has 0 atom stereocenters. The molecule has 0 spiro atoms. The number of aromatic nitrogens is 2. The maximum Gasteiger partial charge on any atom is 0.227 e. The molecular weight excluding hydrogens is 128 g/mol. The molecule has 0 aromatic carbocycles. The minimum Gasteiger partial charge on any atom is -0.340 e. The molecule has 0 radical (unpaired) electrons. The molecule has 0 aliphatic carbocycles. The second kappa shape index (κ2) is 2.67. The molecule has 0 bridgehead atoms. The highest BCUT2D eigenvalue weighted by molar-refractivity contribution is 6.17. The molecule has 1 aromatic rings. The molecule has 1 heterocycles. The van der Waals surface area contributed by atoms with Crippen LogP contribution in [0.2, 0.25) is 0 Å². The van der Waals surface area contributed by atoms with E-state index in [-0.39, 0.29) is 0 Å². The van der Waals surface area contributed by atoms with Crippen LogP contribution in [0.15, 0.2) is 10.9 Å². The molecule has 0 saturated carbocycles. The van der Waals surface area contributed by atoms with E-state index in [9.17, 15) is 0 Å². The van der Waals surface area contributed by atoms with Gasteiger partial charge in [0.25, 0.3) is 0 Å². The van der Waals surface area contributed by atoms with Crippen molar-refractivity contribution in [2.75, 3.05) is 5.88 Å². The van der Waals surface area contributed by atoms with Crippen molar-refractivity contribution in [3.63, 3.8) is 0 Å². The standard InChI is InChI=1S/C4H5ClN2O/c5-2-1-4-6-3-7-8-4/h3H,1-2H2. The van der Waals surface area contributed by atoms with E-state index < -0.39 is 0 Å². The third-order valence-corrected chi connectivity index (χ3v) is 0.904. The highest BCUT2D eigenvalue weighted by atomic mass is 35.5. The predicted octanol–water partition coefficient (Wildman–Crippen LogP) is 0.851. The Balaban J connectivity index is 2.50. The smallest absolute Gasteiger partial charge is 0.227 e. The quantitative estimate of drug-likeness (QED) is 0.560. The molecule has 0 aliphatic heterocycles. The Morgan fingerprint density at radius 2 is 2.62 bits per heavy atom. The first-order chi connectivity index (χ1) is 3.93. The van der Waals surface area contributed by atoms with Gasteiger partial charge >= 0.3 is 0 Å². The summed E-state index contributed by atoms with van der Waals surface area (Å²) in [4.78, 5) is 3.74. The van der Waals surface area contributed by atoms with Crippen LogP contribution in [0, 0.1) is 0 Å². The SMILES string of the molecule is ClCCc1ncno1. The zero-order valence-electron chi connectivity index (χ0n) is 4.17. The number of hydrogen-bond acceptors (Lipinski definition) is 3. The molecule has 3 nitrogen and oxygen atoms in total. The molecule has 0 saturated heterocycles. The van der Waals surface area contributed by atoms with Gasteiger partial charge in [-0.2, -0.15) is 4.98 Å². The summed E-state index contributed by atoms with van der Waals surface area (Å²) in [5.41, 5.74) is 0. The van der Waals surface area contributed by atoms with Crippen LogP contribution in [0.4, 0.5) is 0 Å². The van der Waals surface area contributed by atoms with E-state index in [4.69, 9.17) is 11.6 Å². The summed E-state index contributed by atoms with van der Waals surface area (Å²) in [5.74, 6) is 1.13. The van der Waals surface area contributed by atoms with Crippen LogP contribution < -0.4 is 0 Å². The number of hydrogen-bond donors (Lipinski definition) is 0. The van der Waals surface area contributed by atoms with Crippen molar-refractivity contribution in [1.29, 1.82) is 0 Å². The number of nitrogens with zero attached hydrogens (tertiary/aromatic N) is 2. The van der Waals surface area contributed by atoms with Crippen LogP contribution >= 0.6 is 11.6 Å². The summed E-state index contributed by atoms with van der Waals surface area (Å²) in [7, 11) is 0. The van der Waals surface area contributed by atoms with Gasteiger partial charge in [-0.05, 0) is 0 Å². The lowest BCUT2D eigenvalue weighted by molar-refractivity contribution is 0.382. The van der Waals surface area contributed by atoms with Crippen LogP contribution in [0.25, 0.3) is 0 Å². The van der Waals surface area contributed by atoms with Crippen molar-refractivity contribution in [1.82, 2.24) is 10.1 Å². The fourth-order valence-electron chi connectivity index (χ4n) is 0.387. The second-order valence-corrected chi connectivity index (χ2v) is 1.65. The number of halogens is 1. The fraction of sp³-hybridized carbons (Fsp3) is 0.500. The molecule has 4 heteroatoms. The summed E-state index contributed by atoms with van der Waals surface area (Å²) in [6.07, 6.45) is 2.02. The van der Waals surface area contributed by atoms with E-state index in [0.29, 0.717) is 18.2 Å². The lowest BCUT2D eigenvalue weighted by atomic mass is 10.5. The van der Waals surface area contributed by atoms with Gasteiger partial charge in [-0.1, -0.05) is 5.16 Å². The van der Waals surface area contributed by atoms with Crippen LogP contribution in [-0.2, 0) is 6.42 Å². The third-order valence-electron chi connectivity index (χ3n) is 0.715. The van der Waals surface area contributed by atoms with Crippen molar-refractivity contribution in [2.24, 2.45) is 0 Å². The van der Waals surface area contributed by atoms with Crippen LogP contribution in [-0.4, -0.2) is 16.0 Å². The van der Waals surface area contributed by atoms with E-state index >= 15 is 0 Å². The van der Waals surface area contributed by atoms with E-state index in [2.05, 4.69) is 14.7 Å². The maximum atomic E-state index is 5.37. The van der Waals surface area contributed by atoms with Crippen molar-refractivity contribution in [2.45, 2.75) is 6.42 Å². The summed E-state index contributed by atoms with van der Waals surface area (Å²) in [6.45, 7) is 0. The zero-order chi connectivity index (χ0) is 5.82. The average molecular weight is 133 g/mol. The van der Waals surface area contributed by atoms with Gasteiger partial charge < -0.3 is 4.52 Å². The van der Waals surface area contributed by atoms with Gasteiger partial charge in [-0.25, -0.2) is 0 Å². The van der Waals surface area contributed by atoms with E-state index in [1.54, 1.807) is 0 Å². The molecule has 0 amide bonds. The Morgan fingerprint density at radius 3 is 3.12 bits per heavy atom. The van der Waals surface area contributed by atoms with Crippen molar-refractivity contribution in [3.8, 4) is 0 Å². The van der Waals surface area contributed by atoms with Gasteiger partial charge in [-0.3, -0.25) is 0 Å². The Hall–Kier alpha value is -0.570. The fourth-order valence-corrected chi connectivity index (χ4v) is 0.549. The topological polar surface area (TPSA) is 38.9 Å². The first kappa shape index (κ1) is 5.56. The van der Waals surface area contributed by atoms with Gasteiger partial charge in [0.15, 0.2) is 6.33 Å². The van der Waals surface area contributed by atoms with Crippen molar-refractivity contribution in [3.05, 3.63) is 12.2 Å². The Bertz CT molecular complexity index is 140. The average Bonchev–Trinajstić information content (AvgIpc) is 2.19. The summed E-state index contributed by atoms with van der Waals surface area (Å²) in [6, 6.07) is 0. The summed E-state index contributed by atoms with van der Waals surface area (Å²) < 4.78 is 4.63. The normalized spacial score (nSPS) is 9.62. The summed E-state index contributed by atoms with van der Waals surface area (Å²) >= 11 is 5.37. The zero-order valence-corrected chi connectivity index (χ0v) is 4.93. The largest absolute Gasteiger partial charge is 0.340 e. The van der Waals surface area contributed by atoms with Gasteiger partial charge in [0.1, 0.15) is 0 Å². The first-order valence-electron chi connectivity index (χ1n) is 2.25. The molecular formula is C4H5ClN2O. The Kier molecular flexibility index (Phi) is 1.86. The molecule has 0 fully saturated rings. The second-order valence-electron chi connectivity index (χ2n) is 1.27. The highest BCUT2D eigenvalue weighted by Crippen LogP contribution is 1.92. The number of rotatable bonds is 2. The molecule has 44 valence electrons. The van der Waals surface area contributed by atoms with Gasteiger partial charge in [0, 0.05) is 12.3 Å². The summed E-state index contributed by atoms with van der Waals surface area (Å²) in [5, 5.41) is 3.40. The lowest BCUT2D eigenvalue weighted by Crippen LogP contribution is -1.83. The Morgan fingerprint density at radius 1 is 1.75 bits per heavy atom. The maximum absolute atomic E-state index is 5.37. The molecule has 1 rings (SSSR count).